The van der Waals surface area contributed by atoms with E-state index in [4.69, 9.17) is 15.9 Å². The Kier molecular flexibility index (Phi) is 10.3. The minimum atomic E-state index is 0.647. The predicted octanol–water partition coefficient (Wildman–Crippen LogP) is 15.2. The molecule has 0 N–H and O–H groups in total. The molecular formula is C56H42N2O2. The first-order valence-electron chi connectivity index (χ1n) is 20.0. The first-order chi connectivity index (χ1) is 29.6. The van der Waals surface area contributed by atoms with Gasteiger partial charge >= 0.3 is 0 Å². The summed E-state index contributed by atoms with van der Waals surface area (Å²) in [7, 11) is 0. The van der Waals surface area contributed by atoms with E-state index >= 15 is 0 Å². The van der Waals surface area contributed by atoms with Crippen LogP contribution in [-0.2, 0) is 6.42 Å². The van der Waals surface area contributed by atoms with Gasteiger partial charge in [0.25, 0.3) is 0 Å². The van der Waals surface area contributed by atoms with Crippen LogP contribution in [0.4, 0.5) is 17.1 Å². The van der Waals surface area contributed by atoms with Gasteiger partial charge in [0.2, 0.25) is 0 Å². The number of hydrogen-bond donors (Lipinski definition) is 0. The van der Waals surface area contributed by atoms with Gasteiger partial charge in [-0.05, 0) is 131 Å². The van der Waals surface area contributed by atoms with E-state index in [2.05, 4.69) is 156 Å². The molecule has 0 spiro atoms. The van der Waals surface area contributed by atoms with Crippen molar-refractivity contribution in [1.29, 1.82) is 0 Å². The molecule has 0 unspecified atom stereocenters. The van der Waals surface area contributed by atoms with Gasteiger partial charge in [0.15, 0.2) is 23.0 Å². The fraction of sp³-hybridized carbons (Fsp3) is 0.0357. The van der Waals surface area contributed by atoms with Crippen LogP contribution in [0.3, 0.4) is 0 Å². The molecule has 9 rings (SSSR count). The van der Waals surface area contributed by atoms with Crippen LogP contribution >= 0.6 is 0 Å². The lowest BCUT2D eigenvalue weighted by Gasteiger charge is -2.26. The highest BCUT2D eigenvalue weighted by Crippen LogP contribution is 2.48. The van der Waals surface area contributed by atoms with Gasteiger partial charge in [-0.2, -0.15) is 0 Å². The van der Waals surface area contributed by atoms with E-state index in [1.807, 2.05) is 54.6 Å². The number of benzene rings is 6. The number of terminal acetylenes is 1. The van der Waals surface area contributed by atoms with Crippen LogP contribution in [0, 0.1) is 12.3 Å². The Morgan fingerprint density at radius 2 is 1.27 bits per heavy atom. The molecule has 2 aliphatic rings. The summed E-state index contributed by atoms with van der Waals surface area (Å²) in [5.41, 5.74) is 15.1. The molecule has 4 nitrogen and oxygen atoms in total. The minimum absolute atomic E-state index is 0.647. The molecule has 0 bridgehead atoms. The lowest BCUT2D eigenvalue weighted by molar-refractivity contribution is 0.359. The third-order valence-electron chi connectivity index (χ3n) is 11.0. The summed E-state index contributed by atoms with van der Waals surface area (Å²) in [6.07, 6.45) is 23.2. The Morgan fingerprint density at radius 1 is 0.667 bits per heavy atom. The van der Waals surface area contributed by atoms with E-state index < -0.39 is 0 Å². The summed E-state index contributed by atoms with van der Waals surface area (Å²) in [5.74, 6) is 5.26. The van der Waals surface area contributed by atoms with Gasteiger partial charge < -0.3 is 18.9 Å². The standard InChI is InChI=1S/C56H42N2O2/c1-5-9-19-51-49(8-4)50-18-13-14-20-52(50)58(51)48-34-36-54-56(38-48)60-53-35-27-44(37-55(53)59-54)43-25-32-47(33-26-43)57(45-28-21-41(22-29-45)39(7-3)15-6-2)46-30-23-42(24-31-46)40-16-11-10-12-17-40/h1,6-12,14-17,19-38H,2-4,13,18H2/b19-9-,39-15+. The maximum atomic E-state index is 6.51. The largest absolute Gasteiger partial charge is 0.449 e. The average molecular weight is 775 g/mol. The van der Waals surface area contributed by atoms with Crippen LogP contribution < -0.4 is 14.4 Å². The van der Waals surface area contributed by atoms with Crippen molar-refractivity contribution < 1.29 is 9.47 Å². The van der Waals surface area contributed by atoms with Crippen molar-refractivity contribution in [3.8, 4) is 63.3 Å². The maximum absolute atomic E-state index is 6.51. The van der Waals surface area contributed by atoms with E-state index in [0.29, 0.717) is 23.0 Å². The highest BCUT2D eigenvalue weighted by Gasteiger charge is 2.24. The van der Waals surface area contributed by atoms with E-state index in [-0.39, 0.29) is 0 Å². The van der Waals surface area contributed by atoms with E-state index in [1.54, 1.807) is 12.2 Å². The lowest BCUT2D eigenvalue weighted by Crippen LogP contribution is -2.10. The van der Waals surface area contributed by atoms with Gasteiger partial charge in [-0.25, -0.2) is 0 Å². The Morgan fingerprint density at radius 3 is 1.90 bits per heavy atom. The van der Waals surface area contributed by atoms with Crippen molar-refractivity contribution >= 4 is 40.9 Å². The van der Waals surface area contributed by atoms with Gasteiger partial charge in [-0.15, -0.1) is 6.42 Å². The number of ether oxygens (including phenoxy) is 2. The van der Waals surface area contributed by atoms with E-state index in [0.717, 1.165) is 74.8 Å². The lowest BCUT2D eigenvalue weighted by atomic mass is 9.99. The zero-order valence-corrected chi connectivity index (χ0v) is 33.2. The van der Waals surface area contributed by atoms with E-state index in [1.165, 1.54) is 16.7 Å². The Hall–Kier alpha value is -8.00. The molecular weight excluding hydrogens is 733 g/mol. The minimum Gasteiger partial charge on any atom is -0.449 e. The molecule has 2 heterocycles. The quantitative estimate of drug-likeness (QED) is 0.0967. The molecule has 7 aromatic rings. The van der Waals surface area contributed by atoms with Gasteiger partial charge in [0, 0.05) is 34.4 Å². The van der Waals surface area contributed by atoms with Crippen LogP contribution in [0.15, 0.2) is 190 Å². The third-order valence-corrected chi connectivity index (χ3v) is 11.0. The average Bonchev–Trinajstić information content (AvgIpc) is 3.63. The summed E-state index contributed by atoms with van der Waals surface area (Å²) in [6.45, 7) is 12.0. The van der Waals surface area contributed by atoms with Gasteiger partial charge in [-0.1, -0.05) is 129 Å². The van der Waals surface area contributed by atoms with Gasteiger partial charge in [-0.3, -0.25) is 0 Å². The number of hydrogen-bond acceptors (Lipinski definition) is 3. The third kappa shape index (κ3) is 7.10. The number of allylic oxidation sites excluding steroid dienone is 6. The first kappa shape index (κ1) is 37.6. The van der Waals surface area contributed by atoms with Crippen LogP contribution in [0.25, 0.3) is 51.7 Å². The summed E-state index contributed by atoms with van der Waals surface area (Å²) in [5, 5.41) is 0. The maximum Gasteiger partial charge on any atom is 0.172 e. The molecule has 1 aliphatic heterocycles. The number of fused-ring (bicyclic) bond motifs is 3. The van der Waals surface area contributed by atoms with Gasteiger partial charge in [0.05, 0.1) is 11.4 Å². The van der Waals surface area contributed by atoms with Crippen molar-refractivity contribution in [2.75, 3.05) is 4.90 Å². The summed E-state index contributed by atoms with van der Waals surface area (Å²) < 4.78 is 15.2. The number of rotatable bonds is 11. The molecule has 0 amide bonds. The molecule has 0 atom stereocenters. The SMILES string of the molecule is C#C/C=C\c1c(C=C)c2c(n1-c1ccc3c(c1)Oc1ccc(-c4ccc(N(c5ccc(/C(C=C)=C/C=C)cc5)c5ccc(-c6ccccc6)cc5)cc4)cc1O3)C=CCC2. The predicted molar refractivity (Wildman–Crippen MR) is 252 cm³/mol. The highest BCUT2D eigenvalue weighted by atomic mass is 16.6. The second-order valence-corrected chi connectivity index (χ2v) is 14.5. The number of anilines is 3. The zero-order chi connectivity index (χ0) is 41.0. The molecule has 6 aromatic carbocycles. The molecule has 288 valence electrons. The van der Waals surface area contributed by atoms with Crippen LogP contribution in [0.1, 0.15) is 34.5 Å². The summed E-state index contributed by atoms with van der Waals surface area (Å²) in [4.78, 5) is 2.27. The fourth-order valence-electron chi connectivity index (χ4n) is 8.12. The number of aromatic nitrogens is 1. The van der Waals surface area contributed by atoms with Crippen LogP contribution in [-0.4, -0.2) is 4.57 Å². The molecule has 1 aliphatic carbocycles. The van der Waals surface area contributed by atoms with Crippen molar-refractivity contribution in [1.82, 2.24) is 4.57 Å². The smallest absolute Gasteiger partial charge is 0.172 e. The summed E-state index contributed by atoms with van der Waals surface area (Å²) in [6, 6.07) is 48.5. The van der Waals surface area contributed by atoms with Crippen molar-refractivity contribution in [2.24, 2.45) is 0 Å². The second-order valence-electron chi connectivity index (χ2n) is 14.5. The normalized spacial score (nSPS) is 12.6. The molecule has 1 aromatic heterocycles. The molecule has 4 heteroatoms. The topological polar surface area (TPSA) is 26.6 Å². The number of nitrogens with zero attached hydrogens (tertiary/aromatic N) is 2. The molecule has 0 saturated carbocycles. The van der Waals surface area contributed by atoms with Crippen molar-refractivity contribution in [3.05, 3.63) is 218 Å². The molecule has 0 saturated heterocycles. The van der Waals surface area contributed by atoms with Crippen LogP contribution in [0.5, 0.6) is 23.0 Å². The Bertz CT molecular complexity index is 2900. The van der Waals surface area contributed by atoms with Gasteiger partial charge in [0.1, 0.15) is 0 Å². The monoisotopic (exact) mass is 774 g/mol. The molecule has 60 heavy (non-hydrogen) atoms. The van der Waals surface area contributed by atoms with E-state index in [9.17, 15) is 0 Å². The van der Waals surface area contributed by atoms with Crippen molar-refractivity contribution in [3.63, 3.8) is 0 Å². The second kappa shape index (κ2) is 16.5. The summed E-state index contributed by atoms with van der Waals surface area (Å²) >= 11 is 0. The van der Waals surface area contributed by atoms with Crippen molar-refractivity contribution in [2.45, 2.75) is 12.8 Å². The highest BCUT2D eigenvalue weighted by molar-refractivity contribution is 5.83. The Balaban J connectivity index is 1.01. The fourth-order valence-corrected chi connectivity index (χ4v) is 8.12. The molecule has 0 fully saturated rings. The molecule has 0 radical (unpaired) electrons. The Labute approximate surface area is 352 Å². The first-order valence-corrected chi connectivity index (χ1v) is 20.0. The van der Waals surface area contributed by atoms with Crippen LogP contribution in [0.2, 0.25) is 0 Å². The zero-order valence-electron chi connectivity index (χ0n) is 33.2.